The minimum atomic E-state index is 0. The number of hydrogen-bond acceptors (Lipinski definition) is 1. The monoisotopic (exact) mass is 380 g/mol. The predicted molar refractivity (Wildman–Crippen MR) is 57.3 cm³/mol. The second-order valence-electron chi connectivity index (χ2n) is 4.16. The molecule has 1 radical (unpaired) electrons. The molecule has 83 valence electrons. The molecule has 1 aromatic heterocycles. The van der Waals surface area contributed by atoms with Gasteiger partial charge in [-0.3, -0.25) is 4.68 Å². The normalized spacial score (nSPS) is 18.1. The van der Waals surface area contributed by atoms with Crippen LogP contribution in [0.4, 0.5) is 0 Å². The van der Waals surface area contributed by atoms with Crippen LogP contribution in [0.1, 0.15) is 27.2 Å². The van der Waals surface area contributed by atoms with E-state index in [4.69, 9.17) is 0 Å². The Hall–Kier alpha value is -0.661. The zero-order valence-electron chi connectivity index (χ0n) is 9.24. The fourth-order valence-corrected chi connectivity index (χ4v) is 1.86. The van der Waals surface area contributed by atoms with Crippen molar-refractivity contribution in [1.82, 2.24) is 9.78 Å². The van der Waals surface area contributed by atoms with Gasteiger partial charge in [0.2, 0.25) is 0 Å². The van der Waals surface area contributed by atoms with Gasteiger partial charge < -0.3 is 0 Å². The van der Waals surface area contributed by atoms with Crippen molar-refractivity contribution in [2.24, 2.45) is 5.41 Å². The van der Waals surface area contributed by atoms with Crippen molar-refractivity contribution < 1.29 is 20.1 Å². The third kappa shape index (κ3) is 2.29. The molecule has 0 atom stereocenters. The minimum Gasteiger partial charge on any atom is -0.277 e. The van der Waals surface area contributed by atoms with Gasteiger partial charge in [0, 0.05) is 32.5 Å². The van der Waals surface area contributed by atoms with Crippen molar-refractivity contribution in [2.75, 3.05) is 0 Å². The fourth-order valence-electron chi connectivity index (χ4n) is 1.86. The molecule has 0 aliphatic heterocycles. The van der Waals surface area contributed by atoms with Gasteiger partial charge in [0.05, 0.1) is 0 Å². The Morgan fingerprint density at radius 1 is 1.47 bits per heavy atom. The van der Waals surface area contributed by atoms with Gasteiger partial charge in [-0.25, -0.2) is 6.08 Å². The molecule has 0 fully saturated rings. The topological polar surface area (TPSA) is 17.8 Å². The van der Waals surface area contributed by atoms with Gasteiger partial charge in [0.15, 0.2) is 0 Å². The van der Waals surface area contributed by atoms with Crippen LogP contribution in [0.5, 0.6) is 0 Å². The summed E-state index contributed by atoms with van der Waals surface area (Å²) < 4.78 is 1.87. The first-order valence-electron chi connectivity index (χ1n) is 4.99. The van der Waals surface area contributed by atoms with Crippen LogP contribution in [-0.4, -0.2) is 9.78 Å². The summed E-state index contributed by atoms with van der Waals surface area (Å²) in [6, 6.07) is 1.93. The molecule has 2 nitrogen and oxygen atoms in total. The molecule has 0 spiro atoms. The zero-order valence-corrected chi connectivity index (χ0v) is 11.6. The summed E-state index contributed by atoms with van der Waals surface area (Å²) in [7, 11) is 0. The number of nitrogens with zero attached hydrogens (tertiary/aromatic N) is 2. The third-order valence-corrected chi connectivity index (χ3v) is 2.66. The molecule has 0 saturated heterocycles. The van der Waals surface area contributed by atoms with Gasteiger partial charge >= 0.3 is 0 Å². The van der Waals surface area contributed by atoms with E-state index in [9.17, 15) is 0 Å². The summed E-state index contributed by atoms with van der Waals surface area (Å²) in [6.45, 7) is 6.61. The largest absolute Gasteiger partial charge is 0.277 e. The van der Waals surface area contributed by atoms with Crippen molar-refractivity contribution in [3.63, 3.8) is 0 Å². The van der Waals surface area contributed by atoms with Crippen LogP contribution >= 0.6 is 0 Å². The van der Waals surface area contributed by atoms with E-state index in [1.54, 1.807) is 6.20 Å². The van der Waals surface area contributed by atoms with Crippen LogP contribution < -0.4 is 0 Å². The molecule has 3 heteroatoms. The molecule has 0 N–H and O–H groups in total. The van der Waals surface area contributed by atoms with E-state index in [0.717, 1.165) is 12.1 Å². The average Bonchev–Trinajstić information content (AvgIpc) is 2.70. The molecule has 1 aliphatic rings. The maximum Gasteiger partial charge on any atom is 0.0492 e. The van der Waals surface area contributed by atoms with Gasteiger partial charge in [-0.2, -0.15) is 16.7 Å². The first-order valence-corrected chi connectivity index (χ1v) is 4.99. The number of hydrogen-bond donors (Lipinski definition) is 0. The van der Waals surface area contributed by atoms with Crippen LogP contribution in [0.2, 0.25) is 0 Å². The molecule has 1 heterocycles. The molecule has 0 saturated carbocycles. The van der Waals surface area contributed by atoms with E-state index >= 15 is 0 Å². The summed E-state index contributed by atoms with van der Waals surface area (Å²) in [5.41, 5.74) is 2.55. The minimum absolute atomic E-state index is 0. The first kappa shape index (κ1) is 12.4. The molecule has 2 rings (SSSR count). The molecular formula is C12H15IrN2-. The van der Waals surface area contributed by atoms with E-state index < -0.39 is 0 Å². The molecule has 1 aromatic rings. The van der Waals surface area contributed by atoms with E-state index in [0.29, 0.717) is 0 Å². The Labute approximate surface area is 104 Å². The zero-order chi connectivity index (χ0) is 10.2. The van der Waals surface area contributed by atoms with Crippen molar-refractivity contribution >= 4 is 5.70 Å². The van der Waals surface area contributed by atoms with E-state index in [1.807, 2.05) is 16.9 Å². The van der Waals surface area contributed by atoms with Gasteiger partial charge in [0.25, 0.3) is 0 Å². The Morgan fingerprint density at radius 2 is 2.20 bits per heavy atom. The second-order valence-corrected chi connectivity index (χ2v) is 4.16. The molecule has 0 bridgehead atoms. The van der Waals surface area contributed by atoms with Crippen molar-refractivity contribution in [1.29, 1.82) is 0 Å². The van der Waals surface area contributed by atoms with Gasteiger partial charge in [-0.15, -0.1) is 5.70 Å². The maximum atomic E-state index is 4.21. The smallest absolute Gasteiger partial charge is 0.0492 e. The second kappa shape index (κ2) is 4.46. The molecule has 0 unspecified atom stereocenters. The summed E-state index contributed by atoms with van der Waals surface area (Å²) in [5, 5.41) is 4.21. The summed E-state index contributed by atoms with van der Waals surface area (Å²) in [4.78, 5) is 0. The SMILES string of the molecule is CCC1=[C-]C(n2cccn2)=CC1(C)C.[Ir]. The number of aromatic nitrogens is 2. The number of rotatable bonds is 2. The molecule has 15 heavy (non-hydrogen) atoms. The van der Waals surface area contributed by atoms with E-state index in [-0.39, 0.29) is 25.5 Å². The molecular weight excluding hydrogens is 364 g/mol. The van der Waals surface area contributed by atoms with Crippen LogP contribution in [0.3, 0.4) is 0 Å². The van der Waals surface area contributed by atoms with Crippen LogP contribution in [0.15, 0.2) is 30.1 Å². The van der Waals surface area contributed by atoms with Crippen LogP contribution in [0.25, 0.3) is 5.70 Å². The fraction of sp³-hybridized carbons (Fsp3) is 0.417. The molecule has 1 aliphatic carbocycles. The van der Waals surface area contributed by atoms with Crippen LogP contribution in [-0.2, 0) is 20.1 Å². The van der Waals surface area contributed by atoms with Crippen molar-refractivity contribution in [3.8, 4) is 0 Å². The van der Waals surface area contributed by atoms with E-state index in [2.05, 4.69) is 38.0 Å². The molecule has 0 amide bonds. The predicted octanol–water partition coefficient (Wildman–Crippen LogP) is 2.90. The van der Waals surface area contributed by atoms with Gasteiger partial charge in [-0.05, 0) is 6.07 Å². The number of allylic oxidation sites excluding steroid dienone is 4. The Morgan fingerprint density at radius 3 is 2.67 bits per heavy atom. The Bertz CT molecular complexity index is 386. The van der Waals surface area contributed by atoms with Gasteiger partial charge in [-0.1, -0.05) is 32.6 Å². The maximum absolute atomic E-state index is 4.21. The summed E-state index contributed by atoms with van der Waals surface area (Å²) in [5.74, 6) is 0. The standard InChI is InChI=1S/C12H15N2.Ir/c1-4-10-8-11(9-12(10,2)3)14-7-5-6-13-14;/h5-7,9H,4H2,1-3H3;/q-1;. The third-order valence-electron chi connectivity index (χ3n) is 2.66. The van der Waals surface area contributed by atoms with E-state index in [1.165, 1.54) is 5.57 Å². The Balaban J connectivity index is 0.00000112. The van der Waals surface area contributed by atoms with Crippen LogP contribution in [0, 0.1) is 11.5 Å². The average molecular weight is 379 g/mol. The van der Waals surface area contributed by atoms with Gasteiger partial charge in [0.1, 0.15) is 0 Å². The van der Waals surface area contributed by atoms with Crippen molar-refractivity contribution in [2.45, 2.75) is 27.2 Å². The summed E-state index contributed by atoms with van der Waals surface area (Å²) >= 11 is 0. The summed E-state index contributed by atoms with van der Waals surface area (Å²) in [6.07, 6.45) is 10.4. The molecule has 0 aromatic carbocycles. The first-order chi connectivity index (χ1) is 6.63. The quantitative estimate of drug-likeness (QED) is 0.723. The van der Waals surface area contributed by atoms with Crippen molar-refractivity contribution in [3.05, 3.63) is 36.2 Å². The Kier molecular flexibility index (Phi) is 3.69.